The van der Waals surface area contributed by atoms with Crippen LogP contribution in [0, 0.1) is 5.92 Å². The van der Waals surface area contributed by atoms with Crippen LogP contribution >= 0.6 is 11.6 Å². The van der Waals surface area contributed by atoms with E-state index >= 15 is 0 Å². The van der Waals surface area contributed by atoms with Crippen molar-refractivity contribution in [3.05, 3.63) is 110 Å². The third-order valence-corrected chi connectivity index (χ3v) is 7.85. The van der Waals surface area contributed by atoms with Crippen LogP contribution in [0.25, 0.3) is 10.9 Å². The summed E-state index contributed by atoms with van der Waals surface area (Å²) in [6.07, 6.45) is 3.22. The first-order chi connectivity index (χ1) is 19.4. The second kappa shape index (κ2) is 12.8. The van der Waals surface area contributed by atoms with E-state index in [0.717, 1.165) is 54.7 Å². The Morgan fingerprint density at radius 1 is 1.10 bits per heavy atom. The summed E-state index contributed by atoms with van der Waals surface area (Å²) < 4.78 is 7.16. The number of amides is 1. The largest absolute Gasteiger partial charge is 0.388 e. The minimum absolute atomic E-state index is 0.137. The van der Waals surface area contributed by atoms with Gasteiger partial charge in [0.25, 0.3) is 5.91 Å². The van der Waals surface area contributed by atoms with Gasteiger partial charge in [0.1, 0.15) is 0 Å². The lowest BCUT2D eigenvalue weighted by Crippen LogP contribution is -2.31. The fourth-order valence-electron chi connectivity index (χ4n) is 5.43. The topological polar surface area (TPSA) is 93.5 Å². The van der Waals surface area contributed by atoms with Crippen LogP contribution in [0.3, 0.4) is 0 Å². The predicted octanol–water partition coefficient (Wildman–Crippen LogP) is 5.15. The number of aliphatic hydroxyl groups is 1. The summed E-state index contributed by atoms with van der Waals surface area (Å²) in [5.74, 6) is -0.0462. The molecule has 0 spiro atoms. The molecule has 4 aromatic rings. The van der Waals surface area contributed by atoms with Gasteiger partial charge in [0.2, 0.25) is 5.43 Å². The second-order valence-electron chi connectivity index (χ2n) is 10.5. The lowest BCUT2D eigenvalue weighted by molar-refractivity contribution is 0.0665. The lowest BCUT2D eigenvalue weighted by Gasteiger charge is -2.23. The summed E-state index contributed by atoms with van der Waals surface area (Å²) in [6, 6.07) is 20.8. The molecule has 0 saturated carbocycles. The smallest absolute Gasteiger partial charge is 0.276 e. The van der Waals surface area contributed by atoms with Gasteiger partial charge in [0.15, 0.2) is 5.69 Å². The Bertz CT molecular complexity index is 1530. The summed E-state index contributed by atoms with van der Waals surface area (Å²) in [7, 11) is 1.76. The maximum absolute atomic E-state index is 13.7. The molecule has 8 heteroatoms. The monoisotopic (exact) mass is 559 g/mol. The summed E-state index contributed by atoms with van der Waals surface area (Å²) in [5, 5.41) is 19.2. The minimum atomic E-state index is -0.627. The average molecular weight is 560 g/mol. The highest BCUT2D eigenvalue weighted by atomic mass is 35.5. The van der Waals surface area contributed by atoms with Crippen molar-refractivity contribution in [2.75, 3.05) is 13.2 Å². The Morgan fingerprint density at radius 2 is 1.82 bits per heavy atom. The maximum Gasteiger partial charge on any atom is 0.276 e. The number of rotatable bonds is 9. The Morgan fingerprint density at radius 3 is 2.55 bits per heavy atom. The molecule has 1 amide bonds. The number of hydrogen-bond acceptors (Lipinski definition) is 5. The molecule has 3 aromatic carbocycles. The zero-order valence-corrected chi connectivity index (χ0v) is 23.4. The van der Waals surface area contributed by atoms with Crippen molar-refractivity contribution in [2.24, 2.45) is 13.0 Å². The molecule has 40 heavy (non-hydrogen) atoms. The molecule has 208 valence electrons. The molecule has 7 nitrogen and oxygen atoms in total. The number of fused-ring (bicyclic) bond motifs is 1. The number of aromatic nitrogens is 2. The number of nitrogens with zero attached hydrogens (tertiary/aromatic N) is 2. The molecule has 1 aromatic heterocycles. The van der Waals surface area contributed by atoms with Crippen molar-refractivity contribution in [1.29, 1.82) is 0 Å². The van der Waals surface area contributed by atoms with Crippen LogP contribution in [-0.4, -0.2) is 34.0 Å². The van der Waals surface area contributed by atoms with Gasteiger partial charge < -0.3 is 15.2 Å². The Labute approximate surface area is 238 Å². The van der Waals surface area contributed by atoms with Crippen molar-refractivity contribution >= 4 is 28.4 Å². The van der Waals surface area contributed by atoms with Crippen LogP contribution < -0.4 is 10.7 Å². The Kier molecular flexibility index (Phi) is 8.94. The molecule has 2 heterocycles. The summed E-state index contributed by atoms with van der Waals surface area (Å²) in [5.41, 5.74) is 3.89. The third-order valence-electron chi connectivity index (χ3n) is 7.60. The van der Waals surface area contributed by atoms with Crippen molar-refractivity contribution in [2.45, 2.75) is 44.8 Å². The molecule has 1 saturated heterocycles. The fourth-order valence-corrected chi connectivity index (χ4v) is 5.56. The molecular formula is C32H34ClN3O4. The standard InChI is InChI=1S/C32H34ClN3O4/c1-36-30-25(9-12-28(37)24-5-3-2-4-6-24)18-23(17-21-13-15-40-16-14-21)19-27(30)31(38)29(35-36)32(39)34-20-22-7-10-26(33)11-8-22/h2-8,10-11,18-19,21,28,37H,9,12-17,20H2,1H3,(H,34,39). The zero-order valence-electron chi connectivity index (χ0n) is 22.6. The minimum Gasteiger partial charge on any atom is -0.388 e. The fraction of sp³-hybridized carbons (Fsp3) is 0.344. The second-order valence-corrected chi connectivity index (χ2v) is 10.9. The first kappa shape index (κ1) is 28.0. The molecule has 1 fully saturated rings. The number of halogens is 1. The summed E-state index contributed by atoms with van der Waals surface area (Å²) in [4.78, 5) is 26.8. The van der Waals surface area contributed by atoms with E-state index < -0.39 is 12.0 Å². The van der Waals surface area contributed by atoms with Crippen LogP contribution in [0.15, 0.2) is 71.5 Å². The van der Waals surface area contributed by atoms with E-state index in [1.54, 1.807) is 23.9 Å². The number of aliphatic hydroxyl groups excluding tert-OH is 1. The highest BCUT2D eigenvalue weighted by molar-refractivity contribution is 6.30. The van der Waals surface area contributed by atoms with Gasteiger partial charge in [-0.25, -0.2) is 0 Å². The molecule has 0 aliphatic carbocycles. The highest BCUT2D eigenvalue weighted by Gasteiger charge is 2.21. The number of hydrogen-bond donors (Lipinski definition) is 2. The zero-order chi connectivity index (χ0) is 28.1. The van der Waals surface area contributed by atoms with Gasteiger partial charge in [-0.1, -0.05) is 60.1 Å². The van der Waals surface area contributed by atoms with E-state index in [0.29, 0.717) is 34.7 Å². The molecule has 0 radical (unpaired) electrons. The van der Waals surface area contributed by atoms with Crippen LogP contribution in [0.2, 0.25) is 5.02 Å². The molecule has 1 unspecified atom stereocenters. The number of carbonyl (C=O) groups is 1. The van der Waals surface area contributed by atoms with Gasteiger partial charge in [-0.15, -0.1) is 0 Å². The highest BCUT2D eigenvalue weighted by Crippen LogP contribution is 2.27. The average Bonchev–Trinajstić information content (AvgIpc) is 2.98. The molecule has 1 atom stereocenters. The SMILES string of the molecule is Cn1nc(C(=O)NCc2ccc(Cl)cc2)c(=O)c2cc(CC3CCOCC3)cc(CCC(O)c3ccccc3)c21. The van der Waals surface area contributed by atoms with Crippen molar-refractivity contribution in [3.8, 4) is 0 Å². The van der Waals surface area contributed by atoms with E-state index in [4.69, 9.17) is 16.3 Å². The Balaban J connectivity index is 1.47. The summed E-state index contributed by atoms with van der Waals surface area (Å²) >= 11 is 5.96. The first-order valence-electron chi connectivity index (χ1n) is 13.7. The van der Waals surface area contributed by atoms with E-state index in [1.165, 1.54) is 0 Å². The number of benzene rings is 3. The molecule has 1 aliphatic heterocycles. The van der Waals surface area contributed by atoms with Gasteiger partial charge in [0, 0.05) is 31.8 Å². The van der Waals surface area contributed by atoms with Gasteiger partial charge >= 0.3 is 0 Å². The number of carbonyl (C=O) groups excluding carboxylic acids is 1. The van der Waals surface area contributed by atoms with Gasteiger partial charge in [-0.2, -0.15) is 5.10 Å². The number of aryl methyl sites for hydroxylation is 2. The molecule has 0 bridgehead atoms. The van der Waals surface area contributed by atoms with Crippen LogP contribution in [0.4, 0.5) is 0 Å². The van der Waals surface area contributed by atoms with E-state index in [9.17, 15) is 14.7 Å². The third kappa shape index (κ3) is 6.61. The van der Waals surface area contributed by atoms with Gasteiger partial charge in [-0.05, 0) is 78.5 Å². The molecule has 5 rings (SSSR count). The van der Waals surface area contributed by atoms with E-state index in [2.05, 4.69) is 16.5 Å². The van der Waals surface area contributed by atoms with E-state index in [1.807, 2.05) is 48.5 Å². The van der Waals surface area contributed by atoms with Crippen LogP contribution in [0.1, 0.15) is 58.1 Å². The van der Waals surface area contributed by atoms with Gasteiger partial charge in [-0.3, -0.25) is 14.3 Å². The van der Waals surface area contributed by atoms with Crippen molar-refractivity contribution < 1.29 is 14.6 Å². The molecule has 2 N–H and O–H groups in total. The predicted molar refractivity (Wildman–Crippen MR) is 157 cm³/mol. The number of ether oxygens (including phenoxy) is 1. The quantitative estimate of drug-likeness (QED) is 0.296. The number of nitrogens with one attached hydrogen (secondary N) is 1. The van der Waals surface area contributed by atoms with Crippen molar-refractivity contribution in [3.63, 3.8) is 0 Å². The maximum atomic E-state index is 13.7. The van der Waals surface area contributed by atoms with Crippen LogP contribution in [-0.2, 0) is 31.2 Å². The molecule has 1 aliphatic rings. The van der Waals surface area contributed by atoms with Crippen LogP contribution in [0.5, 0.6) is 0 Å². The van der Waals surface area contributed by atoms with Crippen molar-refractivity contribution in [1.82, 2.24) is 15.1 Å². The van der Waals surface area contributed by atoms with E-state index in [-0.39, 0.29) is 17.7 Å². The molecular weight excluding hydrogens is 526 g/mol. The summed E-state index contributed by atoms with van der Waals surface area (Å²) in [6.45, 7) is 1.75. The Hall–Kier alpha value is -3.52. The lowest BCUT2D eigenvalue weighted by atomic mass is 9.89. The normalized spacial score (nSPS) is 14.8. The van der Waals surface area contributed by atoms with Gasteiger partial charge in [0.05, 0.1) is 17.0 Å². The first-order valence-corrected chi connectivity index (χ1v) is 14.1.